The number of nitrogens with zero attached hydrogens (tertiary/aromatic N) is 1. The molecule has 2 heteroatoms. The summed E-state index contributed by atoms with van der Waals surface area (Å²) >= 11 is 0. The van der Waals surface area contributed by atoms with Gasteiger partial charge in [-0.25, -0.2) is 0 Å². The van der Waals surface area contributed by atoms with Crippen molar-refractivity contribution in [3.05, 3.63) is 35.9 Å². The van der Waals surface area contributed by atoms with Crippen LogP contribution >= 0.6 is 0 Å². The van der Waals surface area contributed by atoms with Crippen LogP contribution in [-0.2, 0) is 0 Å². The summed E-state index contributed by atoms with van der Waals surface area (Å²) in [6.45, 7) is 5.95. The van der Waals surface area contributed by atoms with Crippen LogP contribution in [-0.4, -0.2) is 30.6 Å². The summed E-state index contributed by atoms with van der Waals surface area (Å²) in [4.78, 5) is 2.76. The molecule has 1 saturated heterocycles. The minimum Gasteiger partial charge on any atom is -0.309 e. The van der Waals surface area contributed by atoms with E-state index in [2.05, 4.69) is 47.5 Å². The van der Waals surface area contributed by atoms with Crippen molar-refractivity contribution in [3.8, 4) is 0 Å². The Balaban J connectivity index is 1.67. The fourth-order valence-corrected chi connectivity index (χ4v) is 3.50. The van der Waals surface area contributed by atoms with E-state index in [4.69, 9.17) is 0 Å². The number of rotatable bonds is 5. The topological polar surface area (TPSA) is 15.3 Å². The largest absolute Gasteiger partial charge is 0.309 e. The summed E-state index contributed by atoms with van der Waals surface area (Å²) in [7, 11) is 0. The molecular formula is C18H28N2. The van der Waals surface area contributed by atoms with Crippen LogP contribution in [0.25, 0.3) is 0 Å². The third-order valence-corrected chi connectivity index (χ3v) is 4.92. The highest BCUT2D eigenvalue weighted by Gasteiger charge is 2.29. The molecule has 20 heavy (non-hydrogen) atoms. The zero-order valence-electron chi connectivity index (χ0n) is 12.7. The first-order valence-electron chi connectivity index (χ1n) is 8.39. The first kappa shape index (κ1) is 14.1. The molecule has 1 saturated carbocycles. The van der Waals surface area contributed by atoms with Crippen LogP contribution in [0.2, 0.25) is 0 Å². The summed E-state index contributed by atoms with van der Waals surface area (Å²) in [6.07, 6.45) is 6.97. The van der Waals surface area contributed by atoms with Crippen molar-refractivity contribution in [2.24, 2.45) is 5.92 Å². The van der Waals surface area contributed by atoms with Crippen LogP contribution < -0.4 is 5.32 Å². The van der Waals surface area contributed by atoms with E-state index < -0.39 is 0 Å². The lowest BCUT2D eigenvalue weighted by Crippen LogP contribution is -2.39. The average molecular weight is 272 g/mol. The van der Waals surface area contributed by atoms with E-state index in [9.17, 15) is 0 Å². The molecule has 0 radical (unpaired) electrons. The first-order chi connectivity index (χ1) is 9.86. The molecule has 1 heterocycles. The van der Waals surface area contributed by atoms with Crippen molar-refractivity contribution in [2.45, 2.75) is 51.1 Å². The lowest BCUT2D eigenvalue weighted by Gasteiger charge is -2.32. The maximum atomic E-state index is 3.73. The van der Waals surface area contributed by atoms with Crippen LogP contribution in [0.3, 0.4) is 0 Å². The van der Waals surface area contributed by atoms with Gasteiger partial charge in [0, 0.05) is 18.6 Å². The van der Waals surface area contributed by atoms with Gasteiger partial charge in [-0.3, -0.25) is 4.90 Å². The van der Waals surface area contributed by atoms with Crippen LogP contribution in [0.1, 0.15) is 50.6 Å². The smallest absolute Gasteiger partial charge is 0.0449 e. The van der Waals surface area contributed by atoms with Crippen LogP contribution in [0.4, 0.5) is 0 Å². The Morgan fingerprint density at radius 1 is 1.25 bits per heavy atom. The molecule has 2 aliphatic rings. The molecule has 2 atom stereocenters. The van der Waals surface area contributed by atoms with Crippen LogP contribution in [0.5, 0.6) is 0 Å². The van der Waals surface area contributed by atoms with E-state index >= 15 is 0 Å². The second-order valence-electron chi connectivity index (χ2n) is 6.51. The number of benzene rings is 1. The molecule has 0 aromatic heterocycles. The monoisotopic (exact) mass is 272 g/mol. The minimum atomic E-state index is 0.506. The maximum absolute atomic E-state index is 3.73. The van der Waals surface area contributed by atoms with E-state index in [-0.39, 0.29) is 0 Å². The lowest BCUT2D eigenvalue weighted by molar-refractivity contribution is 0.173. The fraction of sp³-hybridized carbons (Fsp3) is 0.667. The summed E-state index contributed by atoms with van der Waals surface area (Å²) in [5.41, 5.74) is 1.45. The van der Waals surface area contributed by atoms with E-state index in [1.165, 1.54) is 50.8 Å². The van der Waals surface area contributed by atoms with Gasteiger partial charge in [0.2, 0.25) is 0 Å². The molecule has 110 valence electrons. The quantitative estimate of drug-likeness (QED) is 0.881. The normalized spacial score (nSPS) is 26.1. The fourth-order valence-electron chi connectivity index (χ4n) is 3.50. The maximum Gasteiger partial charge on any atom is 0.0449 e. The van der Waals surface area contributed by atoms with E-state index in [0.29, 0.717) is 6.04 Å². The Morgan fingerprint density at radius 3 is 2.75 bits per heavy atom. The molecule has 2 nitrogen and oxygen atoms in total. The molecule has 2 unspecified atom stereocenters. The van der Waals surface area contributed by atoms with Gasteiger partial charge in [0.25, 0.3) is 0 Å². The van der Waals surface area contributed by atoms with Crippen molar-refractivity contribution in [3.63, 3.8) is 0 Å². The molecule has 0 spiro atoms. The predicted octanol–water partition coefficient (Wildman–Crippen LogP) is 3.60. The van der Waals surface area contributed by atoms with Crippen molar-refractivity contribution in [1.29, 1.82) is 0 Å². The second kappa shape index (κ2) is 6.73. The molecule has 1 aliphatic carbocycles. The Morgan fingerprint density at radius 2 is 2.05 bits per heavy atom. The van der Waals surface area contributed by atoms with Crippen molar-refractivity contribution < 1.29 is 0 Å². The van der Waals surface area contributed by atoms with Gasteiger partial charge in [0.05, 0.1) is 0 Å². The van der Waals surface area contributed by atoms with Crippen LogP contribution in [0, 0.1) is 5.92 Å². The highest BCUT2D eigenvalue weighted by atomic mass is 15.2. The van der Waals surface area contributed by atoms with Gasteiger partial charge >= 0.3 is 0 Å². The standard InChI is InChI=1S/C18H28N2/c1-2-17(13-15-9-10-15)20-12-6-11-19-18(14-20)16-7-4-3-5-8-16/h3-5,7-8,15,17-19H,2,6,9-14H2,1H3. The molecule has 3 rings (SSSR count). The summed E-state index contributed by atoms with van der Waals surface area (Å²) in [5.74, 6) is 1.03. The molecule has 1 N–H and O–H groups in total. The molecule has 0 bridgehead atoms. The molecule has 0 amide bonds. The minimum absolute atomic E-state index is 0.506. The molecule has 2 fully saturated rings. The third-order valence-electron chi connectivity index (χ3n) is 4.92. The Hall–Kier alpha value is -0.860. The predicted molar refractivity (Wildman–Crippen MR) is 84.8 cm³/mol. The number of hydrogen-bond acceptors (Lipinski definition) is 2. The number of hydrogen-bond donors (Lipinski definition) is 1. The van der Waals surface area contributed by atoms with Gasteiger partial charge in [-0.2, -0.15) is 0 Å². The molecule has 1 aliphatic heterocycles. The third kappa shape index (κ3) is 3.62. The highest BCUT2D eigenvalue weighted by Crippen LogP contribution is 2.36. The van der Waals surface area contributed by atoms with Crippen molar-refractivity contribution in [2.75, 3.05) is 19.6 Å². The SMILES string of the molecule is CCC(CC1CC1)N1CCCNC(c2ccccc2)C1. The van der Waals surface area contributed by atoms with Gasteiger partial charge < -0.3 is 5.32 Å². The number of nitrogens with one attached hydrogen (secondary N) is 1. The zero-order valence-corrected chi connectivity index (χ0v) is 12.7. The van der Waals surface area contributed by atoms with E-state index in [1.54, 1.807) is 0 Å². The van der Waals surface area contributed by atoms with Gasteiger partial charge in [-0.1, -0.05) is 50.1 Å². The van der Waals surface area contributed by atoms with Crippen molar-refractivity contribution in [1.82, 2.24) is 10.2 Å². The summed E-state index contributed by atoms with van der Waals surface area (Å²) in [6, 6.07) is 12.3. The lowest BCUT2D eigenvalue weighted by atomic mass is 10.0. The average Bonchev–Trinajstić information content (AvgIpc) is 3.32. The highest BCUT2D eigenvalue weighted by molar-refractivity contribution is 5.19. The van der Waals surface area contributed by atoms with Gasteiger partial charge in [0.15, 0.2) is 0 Å². The van der Waals surface area contributed by atoms with Gasteiger partial charge in [-0.05, 0) is 43.8 Å². The Bertz CT molecular complexity index is 399. The Labute approximate surface area is 123 Å². The zero-order chi connectivity index (χ0) is 13.8. The summed E-state index contributed by atoms with van der Waals surface area (Å²) in [5, 5.41) is 3.73. The van der Waals surface area contributed by atoms with E-state index in [1.807, 2.05) is 0 Å². The van der Waals surface area contributed by atoms with E-state index in [0.717, 1.165) is 18.5 Å². The van der Waals surface area contributed by atoms with Crippen molar-refractivity contribution >= 4 is 0 Å². The summed E-state index contributed by atoms with van der Waals surface area (Å²) < 4.78 is 0. The molecular weight excluding hydrogens is 244 g/mol. The first-order valence-corrected chi connectivity index (χ1v) is 8.39. The Kier molecular flexibility index (Phi) is 4.74. The second-order valence-corrected chi connectivity index (χ2v) is 6.51. The molecule has 1 aromatic carbocycles. The van der Waals surface area contributed by atoms with Crippen LogP contribution in [0.15, 0.2) is 30.3 Å². The van der Waals surface area contributed by atoms with Gasteiger partial charge in [-0.15, -0.1) is 0 Å². The van der Waals surface area contributed by atoms with Gasteiger partial charge in [0.1, 0.15) is 0 Å². The molecule has 1 aromatic rings.